The van der Waals surface area contributed by atoms with Crippen LogP contribution < -0.4 is 5.73 Å². The summed E-state index contributed by atoms with van der Waals surface area (Å²) in [5.74, 6) is 0.0552. The summed E-state index contributed by atoms with van der Waals surface area (Å²) in [6, 6.07) is -0.241. The fourth-order valence-electron chi connectivity index (χ4n) is 2.72. The van der Waals surface area contributed by atoms with Gasteiger partial charge in [0, 0.05) is 38.6 Å². The zero-order valence-corrected chi connectivity index (χ0v) is 12.1. The molecule has 1 aromatic heterocycles. The number of rotatable bonds is 6. The molecule has 0 aromatic carbocycles. The highest BCUT2D eigenvalue weighted by atomic mass is 19.3. The number of alkyl halides is 2. The summed E-state index contributed by atoms with van der Waals surface area (Å²) in [6.45, 7) is 2.58. The van der Waals surface area contributed by atoms with Gasteiger partial charge in [0.1, 0.15) is 5.82 Å². The maximum absolute atomic E-state index is 12.8. The molecule has 1 fully saturated rings. The van der Waals surface area contributed by atoms with Crippen LogP contribution in [-0.4, -0.2) is 57.5 Å². The second-order valence-electron chi connectivity index (χ2n) is 5.17. The van der Waals surface area contributed by atoms with E-state index in [0.29, 0.717) is 45.0 Å². The Morgan fingerprint density at radius 3 is 2.57 bits per heavy atom. The topological polar surface area (TPSA) is 67.4 Å². The van der Waals surface area contributed by atoms with E-state index in [-0.39, 0.29) is 11.9 Å². The molecule has 1 aromatic rings. The van der Waals surface area contributed by atoms with Crippen molar-refractivity contribution in [2.24, 2.45) is 5.73 Å². The van der Waals surface area contributed by atoms with E-state index in [9.17, 15) is 13.6 Å². The summed E-state index contributed by atoms with van der Waals surface area (Å²) >= 11 is 0. The van der Waals surface area contributed by atoms with E-state index < -0.39 is 6.55 Å². The number of piperazine rings is 1. The van der Waals surface area contributed by atoms with E-state index in [0.717, 1.165) is 4.57 Å². The van der Waals surface area contributed by atoms with Gasteiger partial charge in [-0.2, -0.15) is 8.78 Å². The number of aromatic nitrogens is 2. The first-order valence-electron chi connectivity index (χ1n) is 7.08. The molecule has 1 aliphatic heterocycles. The number of primary amides is 1. The number of imidazole rings is 1. The molecule has 0 saturated carbocycles. The van der Waals surface area contributed by atoms with Gasteiger partial charge in [-0.05, 0) is 6.42 Å². The van der Waals surface area contributed by atoms with E-state index in [1.165, 1.54) is 12.4 Å². The highest BCUT2D eigenvalue weighted by molar-refractivity contribution is 5.79. The lowest BCUT2D eigenvalue weighted by atomic mass is 10.1. The van der Waals surface area contributed by atoms with Crippen LogP contribution >= 0.6 is 0 Å². The van der Waals surface area contributed by atoms with Gasteiger partial charge in [0.15, 0.2) is 0 Å². The molecular formula is C13H21F2N5O. The molecule has 0 bridgehead atoms. The molecule has 0 unspecified atom stereocenters. The van der Waals surface area contributed by atoms with Gasteiger partial charge in [0.2, 0.25) is 5.91 Å². The summed E-state index contributed by atoms with van der Waals surface area (Å²) in [6.07, 6.45) is 3.36. The second-order valence-corrected chi connectivity index (χ2v) is 5.17. The Labute approximate surface area is 122 Å². The number of amides is 1. The lowest BCUT2D eigenvalue weighted by Gasteiger charge is -2.37. The van der Waals surface area contributed by atoms with E-state index >= 15 is 0 Å². The van der Waals surface area contributed by atoms with Crippen LogP contribution in [0.3, 0.4) is 0 Å². The summed E-state index contributed by atoms with van der Waals surface area (Å²) in [5.41, 5.74) is 5.38. The maximum atomic E-state index is 12.8. The van der Waals surface area contributed by atoms with Crippen LogP contribution in [0.4, 0.5) is 8.78 Å². The van der Waals surface area contributed by atoms with Gasteiger partial charge in [-0.25, -0.2) is 4.98 Å². The van der Waals surface area contributed by atoms with Crippen molar-refractivity contribution in [2.75, 3.05) is 26.2 Å². The van der Waals surface area contributed by atoms with Gasteiger partial charge >= 0.3 is 6.55 Å². The molecule has 2 N–H and O–H groups in total. The normalized spacial score (nSPS) is 19.0. The number of carbonyl (C=O) groups excluding carboxylic acids is 1. The molecule has 2 rings (SSSR count). The van der Waals surface area contributed by atoms with Crippen molar-refractivity contribution >= 4 is 5.91 Å². The van der Waals surface area contributed by atoms with Gasteiger partial charge in [-0.1, -0.05) is 6.92 Å². The molecule has 1 aliphatic rings. The predicted molar refractivity (Wildman–Crippen MR) is 73.6 cm³/mol. The second kappa shape index (κ2) is 6.95. The Kier molecular flexibility index (Phi) is 5.24. The Balaban J connectivity index is 1.89. The van der Waals surface area contributed by atoms with Crippen LogP contribution in [0.15, 0.2) is 12.4 Å². The summed E-state index contributed by atoms with van der Waals surface area (Å²) in [7, 11) is 0. The third-order valence-electron chi connectivity index (χ3n) is 3.89. The smallest absolute Gasteiger partial charge is 0.319 e. The fourth-order valence-corrected chi connectivity index (χ4v) is 2.72. The highest BCUT2D eigenvalue weighted by Crippen LogP contribution is 2.16. The van der Waals surface area contributed by atoms with Gasteiger partial charge in [0.25, 0.3) is 0 Å². The van der Waals surface area contributed by atoms with Crippen molar-refractivity contribution in [1.82, 2.24) is 19.4 Å². The molecule has 1 atom stereocenters. The lowest BCUT2D eigenvalue weighted by molar-refractivity contribution is -0.124. The zero-order valence-electron chi connectivity index (χ0n) is 12.1. The van der Waals surface area contributed by atoms with Crippen LogP contribution in [0.25, 0.3) is 0 Å². The first-order chi connectivity index (χ1) is 10.0. The molecule has 2 heterocycles. The SMILES string of the molecule is CC[C@@H](C(N)=O)N1CCN(Cc2nccn2C(F)F)CC1. The van der Waals surface area contributed by atoms with Crippen LogP contribution in [0, 0.1) is 0 Å². The number of hydrogen-bond acceptors (Lipinski definition) is 4. The van der Waals surface area contributed by atoms with E-state index in [1.54, 1.807) is 0 Å². The molecule has 21 heavy (non-hydrogen) atoms. The van der Waals surface area contributed by atoms with Crippen LogP contribution in [0.2, 0.25) is 0 Å². The molecule has 1 saturated heterocycles. The number of hydrogen-bond donors (Lipinski definition) is 1. The first kappa shape index (κ1) is 15.8. The molecule has 0 aliphatic carbocycles. The van der Waals surface area contributed by atoms with Crippen LogP contribution in [-0.2, 0) is 11.3 Å². The maximum Gasteiger partial charge on any atom is 0.319 e. The van der Waals surface area contributed by atoms with Crippen molar-refractivity contribution in [1.29, 1.82) is 0 Å². The number of carbonyl (C=O) groups is 1. The quantitative estimate of drug-likeness (QED) is 0.838. The minimum absolute atomic E-state index is 0.241. The average molecular weight is 301 g/mol. The van der Waals surface area contributed by atoms with Crippen molar-refractivity contribution < 1.29 is 13.6 Å². The molecule has 118 valence electrons. The number of nitrogens with two attached hydrogens (primary N) is 1. The van der Waals surface area contributed by atoms with Crippen LogP contribution in [0.1, 0.15) is 25.7 Å². The molecular weight excluding hydrogens is 280 g/mol. The average Bonchev–Trinajstić information content (AvgIpc) is 2.89. The Morgan fingerprint density at radius 1 is 1.38 bits per heavy atom. The molecule has 6 nitrogen and oxygen atoms in total. The lowest BCUT2D eigenvalue weighted by Crippen LogP contribution is -2.53. The monoisotopic (exact) mass is 301 g/mol. The third-order valence-corrected chi connectivity index (χ3v) is 3.89. The fraction of sp³-hybridized carbons (Fsp3) is 0.692. The molecule has 0 spiro atoms. The van der Waals surface area contributed by atoms with Gasteiger partial charge in [0.05, 0.1) is 12.6 Å². The van der Waals surface area contributed by atoms with Crippen molar-refractivity contribution in [3.05, 3.63) is 18.2 Å². The minimum atomic E-state index is -2.57. The van der Waals surface area contributed by atoms with E-state index in [4.69, 9.17) is 5.73 Å². The van der Waals surface area contributed by atoms with Crippen molar-refractivity contribution in [2.45, 2.75) is 32.5 Å². The largest absolute Gasteiger partial charge is 0.368 e. The van der Waals surface area contributed by atoms with Crippen molar-refractivity contribution in [3.8, 4) is 0 Å². The first-order valence-corrected chi connectivity index (χ1v) is 7.08. The number of nitrogens with zero attached hydrogens (tertiary/aromatic N) is 4. The van der Waals surface area contributed by atoms with Gasteiger partial charge in [-0.15, -0.1) is 0 Å². The Bertz CT molecular complexity index is 471. The molecule has 0 radical (unpaired) electrons. The summed E-state index contributed by atoms with van der Waals surface area (Å²) in [5, 5.41) is 0. The van der Waals surface area contributed by atoms with Gasteiger partial charge < -0.3 is 5.73 Å². The summed E-state index contributed by atoms with van der Waals surface area (Å²) < 4.78 is 26.4. The highest BCUT2D eigenvalue weighted by Gasteiger charge is 2.26. The zero-order chi connectivity index (χ0) is 15.4. The Morgan fingerprint density at radius 2 is 2.05 bits per heavy atom. The minimum Gasteiger partial charge on any atom is -0.368 e. The molecule has 1 amide bonds. The van der Waals surface area contributed by atoms with E-state index in [1.807, 2.05) is 6.92 Å². The molecule has 8 heteroatoms. The number of halogens is 2. The third kappa shape index (κ3) is 3.76. The summed E-state index contributed by atoms with van der Waals surface area (Å²) in [4.78, 5) is 19.5. The van der Waals surface area contributed by atoms with Crippen molar-refractivity contribution in [3.63, 3.8) is 0 Å². The predicted octanol–water partition coefficient (Wildman–Crippen LogP) is 0.660. The standard InChI is InChI=1S/C13H21F2N5O/c1-2-10(12(16)21)19-7-5-18(6-8-19)9-11-17-3-4-20(11)13(14)15/h3-4,10,13H,2,5-9H2,1H3,(H2,16,21)/t10-/m0/s1. The van der Waals surface area contributed by atoms with Crippen LogP contribution in [0.5, 0.6) is 0 Å². The van der Waals surface area contributed by atoms with E-state index in [2.05, 4.69) is 14.8 Å². The Hall–Kier alpha value is -1.54. The van der Waals surface area contributed by atoms with Gasteiger partial charge in [-0.3, -0.25) is 19.2 Å².